The molecule has 3 heterocycles. The number of hydrogen-bond acceptors (Lipinski definition) is 7. The Bertz CT molecular complexity index is 1160. The SMILES string of the molecule is COC(=O)C(Cc1ccccc1)NC(=O)c1c(C)n(CN2CCOCC2)c2c(OC)cncc12. The molecule has 0 spiro atoms. The Labute approximate surface area is 198 Å². The molecule has 1 atom stereocenters. The van der Waals surface area contributed by atoms with Crippen LogP contribution in [0.2, 0.25) is 0 Å². The van der Waals surface area contributed by atoms with Gasteiger partial charge in [0.25, 0.3) is 5.91 Å². The molecule has 1 aliphatic heterocycles. The van der Waals surface area contributed by atoms with Crippen LogP contribution in [-0.2, 0) is 27.4 Å². The molecule has 1 aliphatic rings. The van der Waals surface area contributed by atoms with Crippen molar-refractivity contribution in [2.24, 2.45) is 0 Å². The van der Waals surface area contributed by atoms with Gasteiger partial charge in [-0.25, -0.2) is 4.79 Å². The predicted octanol–water partition coefficient (Wildman–Crippen LogP) is 2.16. The summed E-state index contributed by atoms with van der Waals surface area (Å²) in [6, 6.07) is 8.70. The van der Waals surface area contributed by atoms with Gasteiger partial charge in [-0.3, -0.25) is 14.7 Å². The summed E-state index contributed by atoms with van der Waals surface area (Å²) in [6.07, 6.45) is 3.64. The molecule has 1 fully saturated rings. The molecule has 1 N–H and O–H groups in total. The number of fused-ring (bicyclic) bond motifs is 1. The van der Waals surface area contributed by atoms with Gasteiger partial charge >= 0.3 is 5.97 Å². The second-order valence-electron chi connectivity index (χ2n) is 8.24. The van der Waals surface area contributed by atoms with Gasteiger partial charge in [-0.1, -0.05) is 30.3 Å². The molecule has 9 nitrogen and oxygen atoms in total. The molecule has 0 aliphatic carbocycles. The molecule has 1 unspecified atom stereocenters. The predicted molar refractivity (Wildman–Crippen MR) is 127 cm³/mol. The lowest BCUT2D eigenvalue weighted by molar-refractivity contribution is -0.142. The molecule has 180 valence electrons. The minimum Gasteiger partial charge on any atom is -0.493 e. The Hall–Kier alpha value is -3.43. The van der Waals surface area contributed by atoms with Crippen molar-refractivity contribution in [3.05, 3.63) is 59.5 Å². The summed E-state index contributed by atoms with van der Waals surface area (Å²) in [5.41, 5.74) is 2.96. The minimum atomic E-state index is -0.824. The molecule has 1 amide bonds. The van der Waals surface area contributed by atoms with Crippen LogP contribution < -0.4 is 10.1 Å². The monoisotopic (exact) mass is 466 g/mol. The maximum atomic E-state index is 13.6. The van der Waals surface area contributed by atoms with Crippen LogP contribution >= 0.6 is 0 Å². The van der Waals surface area contributed by atoms with Crippen molar-refractivity contribution < 1.29 is 23.8 Å². The van der Waals surface area contributed by atoms with Gasteiger partial charge in [0.1, 0.15) is 6.04 Å². The van der Waals surface area contributed by atoms with Crippen LogP contribution in [0.1, 0.15) is 21.6 Å². The number of morpholine rings is 1. The molecule has 3 aromatic rings. The van der Waals surface area contributed by atoms with E-state index in [1.807, 2.05) is 37.3 Å². The molecule has 1 saturated heterocycles. The van der Waals surface area contributed by atoms with E-state index in [2.05, 4.69) is 19.8 Å². The molecule has 2 aromatic heterocycles. The van der Waals surface area contributed by atoms with Crippen molar-refractivity contribution >= 4 is 22.8 Å². The van der Waals surface area contributed by atoms with E-state index in [9.17, 15) is 9.59 Å². The Morgan fingerprint density at radius 3 is 2.56 bits per heavy atom. The highest BCUT2D eigenvalue weighted by Gasteiger charge is 2.28. The topological polar surface area (TPSA) is 94.9 Å². The molecular weight excluding hydrogens is 436 g/mol. The summed E-state index contributed by atoms with van der Waals surface area (Å²) >= 11 is 0. The summed E-state index contributed by atoms with van der Waals surface area (Å²) in [4.78, 5) is 32.6. The third kappa shape index (κ3) is 4.90. The van der Waals surface area contributed by atoms with E-state index in [1.54, 1.807) is 19.5 Å². The summed E-state index contributed by atoms with van der Waals surface area (Å²) < 4.78 is 18.1. The smallest absolute Gasteiger partial charge is 0.328 e. The average molecular weight is 467 g/mol. The van der Waals surface area contributed by atoms with E-state index in [1.165, 1.54) is 7.11 Å². The Balaban J connectivity index is 1.70. The number of aromatic nitrogens is 2. The Morgan fingerprint density at radius 2 is 1.88 bits per heavy atom. The summed E-state index contributed by atoms with van der Waals surface area (Å²) in [7, 11) is 2.91. The molecule has 4 rings (SSSR count). The lowest BCUT2D eigenvalue weighted by Crippen LogP contribution is -2.43. The first kappa shape index (κ1) is 23.7. The van der Waals surface area contributed by atoms with Crippen molar-refractivity contribution in [3.8, 4) is 5.75 Å². The number of esters is 1. The Kier molecular flexibility index (Phi) is 7.44. The number of methoxy groups -OCH3 is 2. The van der Waals surface area contributed by atoms with E-state index in [0.29, 0.717) is 43.0 Å². The van der Waals surface area contributed by atoms with Gasteiger partial charge in [0.05, 0.1) is 51.4 Å². The zero-order valence-corrected chi connectivity index (χ0v) is 19.7. The maximum Gasteiger partial charge on any atom is 0.328 e. The quantitative estimate of drug-likeness (QED) is 0.509. The van der Waals surface area contributed by atoms with Crippen LogP contribution in [0.5, 0.6) is 5.75 Å². The molecule has 0 bridgehead atoms. The van der Waals surface area contributed by atoms with Crippen LogP contribution in [0.3, 0.4) is 0 Å². The molecular formula is C25H30N4O5. The number of ether oxygens (including phenoxy) is 3. The standard InChI is InChI=1S/C25H30N4O5/c1-17-22(24(30)27-20(25(31)33-3)13-18-7-5-4-6-8-18)19-14-26-15-21(32-2)23(19)29(17)16-28-9-11-34-12-10-28/h4-8,14-15,20H,9-13,16H2,1-3H3,(H,27,30). The van der Waals surface area contributed by atoms with Gasteiger partial charge in [0.15, 0.2) is 5.75 Å². The zero-order valence-electron chi connectivity index (χ0n) is 19.7. The lowest BCUT2D eigenvalue weighted by atomic mass is 10.0. The van der Waals surface area contributed by atoms with E-state index < -0.39 is 12.0 Å². The van der Waals surface area contributed by atoms with Crippen molar-refractivity contribution in [2.45, 2.75) is 26.1 Å². The normalized spacial score (nSPS) is 15.1. The first-order chi connectivity index (χ1) is 16.5. The third-order valence-corrected chi connectivity index (χ3v) is 6.16. The second-order valence-corrected chi connectivity index (χ2v) is 8.24. The van der Waals surface area contributed by atoms with Crippen LogP contribution in [0.15, 0.2) is 42.7 Å². The average Bonchev–Trinajstić information content (AvgIpc) is 3.15. The van der Waals surface area contributed by atoms with Gasteiger partial charge < -0.3 is 24.1 Å². The van der Waals surface area contributed by atoms with Gasteiger partial charge in [-0.05, 0) is 12.5 Å². The van der Waals surface area contributed by atoms with Crippen molar-refractivity contribution in [1.29, 1.82) is 0 Å². The number of hydrogen-bond donors (Lipinski definition) is 1. The van der Waals surface area contributed by atoms with E-state index >= 15 is 0 Å². The van der Waals surface area contributed by atoms with Crippen molar-refractivity contribution in [2.75, 3.05) is 40.5 Å². The van der Waals surface area contributed by atoms with Crippen LogP contribution in [0.4, 0.5) is 0 Å². The molecule has 0 saturated carbocycles. The van der Waals surface area contributed by atoms with Gasteiger partial charge in [0, 0.05) is 36.8 Å². The molecule has 34 heavy (non-hydrogen) atoms. The summed E-state index contributed by atoms with van der Waals surface area (Å²) in [5, 5.41) is 3.56. The number of amides is 1. The summed E-state index contributed by atoms with van der Waals surface area (Å²) in [5.74, 6) is -0.269. The fourth-order valence-electron chi connectivity index (χ4n) is 4.36. The molecule has 0 radical (unpaired) electrons. The molecule has 1 aromatic carbocycles. The number of pyridine rings is 1. The van der Waals surface area contributed by atoms with Crippen molar-refractivity contribution in [3.63, 3.8) is 0 Å². The largest absolute Gasteiger partial charge is 0.493 e. The van der Waals surface area contributed by atoms with Crippen LogP contribution in [0.25, 0.3) is 10.9 Å². The number of carbonyl (C=O) groups excluding carboxylic acids is 2. The van der Waals surface area contributed by atoms with Crippen LogP contribution in [0, 0.1) is 6.92 Å². The number of benzene rings is 1. The van der Waals surface area contributed by atoms with E-state index in [-0.39, 0.29) is 5.91 Å². The number of rotatable bonds is 8. The number of nitrogens with zero attached hydrogens (tertiary/aromatic N) is 3. The summed E-state index contributed by atoms with van der Waals surface area (Å²) in [6.45, 7) is 5.43. The Morgan fingerprint density at radius 1 is 1.15 bits per heavy atom. The van der Waals surface area contributed by atoms with E-state index in [0.717, 1.165) is 29.9 Å². The van der Waals surface area contributed by atoms with Gasteiger partial charge in [-0.15, -0.1) is 0 Å². The zero-order chi connectivity index (χ0) is 24.1. The first-order valence-electron chi connectivity index (χ1n) is 11.3. The second kappa shape index (κ2) is 10.7. The van der Waals surface area contributed by atoms with Gasteiger partial charge in [-0.2, -0.15) is 0 Å². The maximum absolute atomic E-state index is 13.6. The van der Waals surface area contributed by atoms with Crippen molar-refractivity contribution in [1.82, 2.24) is 19.8 Å². The highest BCUT2D eigenvalue weighted by Crippen LogP contribution is 2.32. The fourth-order valence-corrected chi connectivity index (χ4v) is 4.36. The number of nitrogens with one attached hydrogen (secondary N) is 1. The highest BCUT2D eigenvalue weighted by molar-refractivity contribution is 6.10. The van der Waals surface area contributed by atoms with E-state index in [4.69, 9.17) is 14.2 Å². The third-order valence-electron chi connectivity index (χ3n) is 6.16. The fraction of sp³-hybridized carbons (Fsp3) is 0.400. The van der Waals surface area contributed by atoms with Gasteiger partial charge in [0.2, 0.25) is 0 Å². The highest BCUT2D eigenvalue weighted by atomic mass is 16.5. The van der Waals surface area contributed by atoms with Crippen LogP contribution in [-0.4, -0.2) is 72.9 Å². The first-order valence-corrected chi connectivity index (χ1v) is 11.3. The molecule has 9 heteroatoms. The minimum absolute atomic E-state index is 0.326. The lowest BCUT2D eigenvalue weighted by Gasteiger charge is -2.28. The number of carbonyl (C=O) groups is 2.